The molecule has 0 radical (unpaired) electrons. The molecule has 0 aliphatic carbocycles. The van der Waals surface area contributed by atoms with Crippen LogP contribution < -0.4 is 0 Å². The van der Waals surface area contributed by atoms with Crippen LogP contribution in [0.4, 0.5) is 26.3 Å². The van der Waals surface area contributed by atoms with E-state index < -0.39 is 23.5 Å². The summed E-state index contributed by atoms with van der Waals surface area (Å²) >= 11 is 0. The van der Waals surface area contributed by atoms with E-state index in [0.717, 1.165) is 24.3 Å². The standard InChI is InChI=1S/C21H19F6N3/c1-13(15-3-7-17(8-4-15)20(22,23)24)29-11-19(28)12-30-14(2)16-5-9-18(10-6-16)21(25,26)27/h3-10,28H,11-12H2,1-2H3. The average molecular weight is 427 g/mol. The Morgan fingerprint density at radius 1 is 0.667 bits per heavy atom. The molecule has 160 valence electrons. The first-order valence-electron chi connectivity index (χ1n) is 8.81. The van der Waals surface area contributed by atoms with E-state index in [9.17, 15) is 26.3 Å². The van der Waals surface area contributed by atoms with Crippen molar-refractivity contribution >= 4 is 17.1 Å². The van der Waals surface area contributed by atoms with E-state index >= 15 is 0 Å². The molecular formula is C21H19F6N3. The molecule has 0 aromatic heterocycles. The average Bonchev–Trinajstić information content (AvgIpc) is 2.69. The van der Waals surface area contributed by atoms with Crippen molar-refractivity contribution in [2.45, 2.75) is 26.2 Å². The van der Waals surface area contributed by atoms with E-state index in [2.05, 4.69) is 9.98 Å². The Balaban J connectivity index is 1.96. The van der Waals surface area contributed by atoms with Crippen molar-refractivity contribution in [2.75, 3.05) is 13.1 Å². The minimum Gasteiger partial charge on any atom is -0.306 e. The van der Waals surface area contributed by atoms with Crippen LogP contribution in [0.15, 0.2) is 58.5 Å². The molecule has 0 saturated heterocycles. The summed E-state index contributed by atoms with van der Waals surface area (Å²) in [6.45, 7) is 3.28. The number of halogens is 6. The topological polar surface area (TPSA) is 48.6 Å². The highest BCUT2D eigenvalue weighted by atomic mass is 19.4. The predicted octanol–water partition coefficient (Wildman–Crippen LogP) is 6.06. The molecule has 9 heteroatoms. The summed E-state index contributed by atoms with van der Waals surface area (Å²) in [5.74, 6) is 0. The van der Waals surface area contributed by atoms with Crippen LogP contribution in [0.2, 0.25) is 0 Å². The molecule has 0 unspecified atom stereocenters. The summed E-state index contributed by atoms with van der Waals surface area (Å²) in [7, 11) is 0. The first kappa shape index (κ1) is 23.3. The van der Waals surface area contributed by atoms with Gasteiger partial charge < -0.3 is 5.41 Å². The van der Waals surface area contributed by atoms with Gasteiger partial charge in [0.2, 0.25) is 0 Å². The number of hydrogen-bond donors (Lipinski definition) is 1. The summed E-state index contributed by atoms with van der Waals surface area (Å²) in [5, 5.41) is 7.92. The molecule has 3 nitrogen and oxygen atoms in total. The van der Waals surface area contributed by atoms with Crippen molar-refractivity contribution in [3.8, 4) is 0 Å². The maximum Gasteiger partial charge on any atom is 0.416 e. The zero-order chi connectivity index (χ0) is 22.5. The first-order valence-corrected chi connectivity index (χ1v) is 8.81. The molecule has 0 aliphatic rings. The third kappa shape index (κ3) is 6.53. The van der Waals surface area contributed by atoms with E-state index in [1.807, 2.05) is 0 Å². The molecule has 0 amide bonds. The fourth-order valence-electron chi connectivity index (χ4n) is 2.46. The van der Waals surface area contributed by atoms with Gasteiger partial charge in [-0.05, 0) is 49.2 Å². The maximum atomic E-state index is 12.6. The quantitative estimate of drug-likeness (QED) is 0.430. The van der Waals surface area contributed by atoms with Crippen LogP contribution in [0.5, 0.6) is 0 Å². The van der Waals surface area contributed by atoms with E-state index in [-0.39, 0.29) is 18.8 Å². The molecule has 1 N–H and O–H groups in total. The number of rotatable bonds is 6. The van der Waals surface area contributed by atoms with Crippen molar-refractivity contribution in [3.63, 3.8) is 0 Å². The summed E-state index contributed by atoms with van der Waals surface area (Å²) < 4.78 is 75.6. The smallest absolute Gasteiger partial charge is 0.306 e. The van der Waals surface area contributed by atoms with Gasteiger partial charge in [-0.1, -0.05) is 24.3 Å². The van der Waals surface area contributed by atoms with Gasteiger partial charge in [-0.2, -0.15) is 26.3 Å². The summed E-state index contributed by atoms with van der Waals surface area (Å²) in [6.07, 6.45) is -8.82. The Bertz CT molecular complexity index is 859. The van der Waals surface area contributed by atoms with Crippen molar-refractivity contribution in [3.05, 3.63) is 70.8 Å². The van der Waals surface area contributed by atoms with Gasteiger partial charge in [0.25, 0.3) is 0 Å². The Labute approximate surface area is 169 Å². The highest BCUT2D eigenvalue weighted by Gasteiger charge is 2.30. The lowest BCUT2D eigenvalue weighted by atomic mass is 10.1. The normalized spacial score (nSPS) is 13.5. The molecule has 0 heterocycles. The molecule has 0 atom stereocenters. The number of nitrogens with one attached hydrogen (secondary N) is 1. The lowest BCUT2D eigenvalue weighted by Crippen LogP contribution is -2.10. The Morgan fingerprint density at radius 3 is 1.23 bits per heavy atom. The minimum absolute atomic E-state index is 0.0106. The van der Waals surface area contributed by atoms with Crippen LogP contribution in [0, 0.1) is 5.41 Å². The van der Waals surface area contributed by atoms with Crippen LogP contribution in [-0.4, -0.2) is 30.2 Å². The predicted molar refractivity (Wildman–Crippen MR) is 105 cm³/mol. The highest BCUT2D eigenvalue weighted by Crippen LogP contribution is 2.30. The van der Waals surface area contributed by atoms with Crippen LogP contribution in [-0.2, 0) is 12.4 Å². The van der Waals surface area contributed by atoms with Crippen molar-refractivity contribution in [1.82, 2.24) is 0 Å². The lowest BCUT2D eigenvalue weighted by molar-refractivity contribution is -0.138. The van der Waals surface area contributed by atoms with Crippen LogP contribution in [0.25, 0.3) is 0 Å². The molecule has 0 spiro atoms. The van der Waals surface area contributed by atoms with Gasteiger partial charge >= 0.3 is 12.4 Å². The number of aliphatic imine (C=N–C) groups is 2. The zero-order valence-electron chi connectivity index (χ0n) is 16.2. The second kappa shape index (κ2) is 9.23. The molecular weight excluding hydrogens is 408 g/mol. The molecule has 2 aromatic rings. The van der Waals surface area contributed by atoms with Crippen LogP contribution in [0.1, 0.15) is 36.1 Å². The van der Waals surface area contributed by atoms with Crippen molar-refractivity contribution < 1.29 is 26.3 Å². The van der Waals surface area contributed by atoms with E-state index in [1.54, 1.807) is 13.8 Å². The van der Waals surface area contributed by atoms with Gasteiger partial charge in [0, 0.05) is 11.4 Å². The maximum absolute atomic E-state index is 12.6. The van der Waals surface area contributed by atoms with Gasteiger partial charge in [-0.25, -0.2) is 0 Å². The van der Waals surface area contributed by atoms with Gasteiger partial charge in [-0.15, -0.1) is 0 Å². The number of benzene rings is 2. The summed E-state index contributed by atoms with van der Waals surface area (Å²) in [4.78, 5) is 8.38. The SMILES string of the molecule is CC(=NCC(=N)CN=C(C)c1ccc(C(F)(F)F)cc1)c1ccc(C(F)(F)F)cc1. The second-order valence-electron chi connectivity index (χ2n) is 6.56. The van der Waals surface area contributed by atoms with E-state index in [1.165, 1.54) is 24.3 Å². The lowest BCUT2D eigenvalue weighted by Gasteiger charge is -2.08. The fraction of sp³-hybridized carbons (Fsp3) is 0.286. The molecule has 0 aliphatic heterocycles. The second-order valence-corrected chi connectivity index (χ2v) is 6.56. The van der Waals surface area contributed by atoms with Crippen molar-refractivity contribution in [2.24, 2.45) is 9.98 Å². The largest absolute Gasteiger partial charge is 0.416 e. The third-order valence-electron chi connectivity index (χ3n) is 4.27. The Hall–Kier alpha value is -2.97. The molecule has 2 rings (SSSR count). The summed E-state index contributed by atoms with van der Waals surface area (Å²) in [6, 6.07) is 9.15. The van der Waals surface area contributed by atoms with Crippen LogP contribution >= 0.6 is 0 Å². The molecule has 0 bridgehead atoms. The monoisotopic (exact) mass is 427 g/mol. The summed E-state index contributed by atoms with van der Waals surface area (Å²) in [5.41, 5.74) is 0.654. The minimum atomic E-state index is -4.41. The third-order valence-corrected chi connectivity index (χ3v) is 4.27. The fourth-order valence-corrected chi connectivity index (χ4v) is 2.46. The molecule has 0 saturated carbocycles. The van der Waals surface area contributed by atoms with Gasteiger partial charge in [0.1, 0.15) is 0 Å². The molecule has 0 fully saturated rings. The highest BCUT2D eigenvalue weighted by molar-refractivity contribution is 6.02. The van der Waals surface area contributed by atoms with Gasteiger partial charge in [0.15, 0.2) is 0 Å². The molecule has 2 aromatic carbocycles. The van der Waals surface area contributed by atoms with Crippen molar-refractivity contribution in [1.29, 1.82) is 5.41 Å². The first-order chi connectivity index (χ1) is 13.9. The van der Waals surface area contributed by atoms with Gasteiger partial charge in [0.05, 0.1) is 29.9 Å². The number of hydrogen-bond acceptors (Lipinski definition) is 3. The Morgan fingerprint density at radius 2 is 0.967 bits per heavy atom. The Kier molecular flexibility index (Phi) is 7.17. The van der Waals surface area contributed by atoms with E-state index in [0.29, 0.717) is 22.6 Å². The van der Waals surface area contributed by atoms with Gasteiger partial charge in [-0.3, -0.25) is 9.98 Å². The molecule has 30 heavy (non-hydrogen) atoms. The van der Waals surface area contributed by atoms with Crippen LogP contribution in [0.3, 0.4) is 0 Å². The number of alkyl halides is 6. The van der Waals surface area contributed by atoms with E-state index in [4.69, 9.17) is 5.41 Å². The number of nitrogens with zero attached hydrogens (tertiary/aromatic N) is 2. The zero-order valence-corrected chi connectivity index (χ0v) is 16.2.